The minimum Gasteiger partial charge on any atom is -0.465 e. The van der Waals surface area contributed by atoms with Crippen LogP contribution in [0.4, 0.5) is 0 Å². The fraction of sp³-hybridized carbons (Fsp3) is 0.294. The molecule has 7 heteroatoms. The van der Waals surface area contributed by atoms with Crippen LogP contribution >= 0.6 is 0 Å². The van der Waals surface area contributed by atoms with Crippen molar-refractivity contribution in [1.29, 1.82) is 0 Å². The molecule has 24 heavy (non-hydrogen) atoms. The average molecular weight is 331 g/mol. The zero-order chi connectivity index (χ0) is 17.5. The van der Waals surface area contributed by atoms with Crippen LogP contribution in [0.2, 0.25) is 0 Å². The summed E-state index contributed by atoms with van der Waals surface area (Å²) >= 11 is 0. The van der Waals surface area contributed by atoms with E-state index in [1.807, 2.05) is 0 Å². The number of nitrogens with zero attached hydrogens (tertiary/aromatic N) is 1. The maximum absolute atomic E-state index is 11.7. The van der Waals surface area contributed by atoms with Gasteiger partial charge in [-0.2, -0.15) is 0 Å². The van der Waals surface area contributed by atoms with Crippen molar-refractivity contribution in [1.82, 2.24) is 4.90 Å². The van der Waals surface area contributed by atoms with E-state index >= 15 is 0 Å². The molecule has 126 valence electrons. The molecule has 1 fully saturated rings. The molecule has 7 nitrogen and oxygen atoms in total. The van der Waals surface area contributed by atoms with Crippen LogP contribution in [0.15, 0.2) is 30.3 Å². The first-order valence-electron chi connectivity index (χ1n) is 7.37. The highest BCUT2D eigenvalue weighted by Crippen LogP contribution is 2.10. The summed E-state index contributed by atoms with van der Waals surface area (Å²) < 4.78 is 9.41. The highest BCUT2D eigenvalue weighted by molar-refractivity contribution is 5.98. The molecule has 1 aliphatic heterocycles. The molecule has 0 spiro atoms. The van der Waals surface area contributed by atoms with Gasteiger partial charge >= 0.3 is 11.9 Å². The number of benzene rings is 1. The molecule has 1 saturated heterocycles. The van der Waals surface area contributed by atoms with Gasteiger partial charge in [0.2, 0.25) is 5.91 Å². The summed E-state index contributed by atoms with van der Waals surface area (Å²) in [6.07, 6.45) is 3.66. The van der Waals surface area contributed by atoms with Crippen LogP contribution < -0.4 is 0 Å². The minimum absolute atomic E-state index is 0.239. The molecule has 0 aromatic heterocycles. The summed E-state index contributed by atoms with van der Waals surface area (Å²) in [5, 5.41) is 0. The second-order valence-electron chi connectivity index (χ2n) is 5.10. The van der Waals surface area contributed by atoms with Crippen molar-refractivity contribution < 1.29 is 28.7 Å². The van der Waals surface area contributed by atoms with E-state index in [1.54, 1.807) is 24.3 Å². The van der Waals surface area contributed by atoms with Gasteiger partial charge in [-0.05, 0) is 30.2 Å². The lowest BCUT2D eigenvalue weighted by Gasteiger charge is -2.12. The molecule has 1 aliphatic rings. The van der Waals surface area contributed by atoms with Gasteiger partial charge in [-0.25, -0.2) is 9.59 Å². The van der Waals surface area contributed by atoms with E-state index < -0.39 is 24.5 Å². The minimum atomic E-state index is -0.688. The maximum Gasteiger partial charge on any atom is 0.337 e. The molecule has 0 N–H and O–H groups in total. The molecule has 1 aromatic rings. The van der Waals surface area contributed by atoms with E-state index in [1.165, 1.54) is 19.3 Å². The van der Waals surface area contributed by atoms with Crippen molar-refractivity contribution in [2.75, 3.05) is 20.3 Å². The number of hydrogen-bond donors (Lipinski definition) is 0. The van der Waals surface area contributed by atoms with Crippen LogP contribution in [0, 0.1) is 0 Å². The van der Waals surface area contributed by atoms with Gasteiger partial charge in [-0.3, -0.25) is 14.5 Å². The Kier molecular flexibility index (Phi) is 5.83. The van der Waals surface area contributed by atoms with E-state index in [2.05, 4.69) is 4.74 Å². The van der Waals surface area contributed by atoms with Crippen LogP contribution in [0.25, 0.3) is 6.08 Å². The number of ether oxygens (including phenoxy) is 2. The van der Waals surface area contributed by atoms with Gasteiger partial charge in [0.05, 0.1) is 12.7 Å². The van der Waals surface area contributed by atoms with Crippen LogP contribution in [0.3, 0.4) is 0 Å². The molecule has 2 rings (SSSR count). The zero-order valence-electron chi connectivity index (χ0n) is 13.2. The summed E-state index contributed by atoms with van der Waals surface area (Å²) in [6, 6.07) is 6.42. The molecular formula is C17H17NO6. The first-order valence-corrected chi connectivity index (χ1v) is 7.37. The van der Waals surface area contributed by atoms with Crippen LogP contribution in [0.1, 0.15) is 28.8 Å². The van der Waals surface area contributed by atoms with Gasteiger partial charge in [-0.1, -0.05) is 12.1 Å². The summed E-state index contributed by atoms with van der Waals surface area (Å²) in [5.74, 6) is -1.88. The SMILES string of the molecule is COC(=O)c1ccc(/C=C/C(=O)OCC(=O)N2CCCC2=O)cc1. The monoisotopic (exact) mass is 331 g/mol. The summed E-state index contributed by atoms with van der Waals surface area (Å²) in [7, 11) is 1.29. The third-order valence-corrected chi connectivity index (χ3v) is 3.46. The number of amides is 2. The topological polar surface area (TPSA) is 90.0 Å². The van der Waals surface area contributed by atoms with E-state index in [9.17, 15) is 19.2 Å². The Labute approximate surface area is 138 Å². The lowest BCUT2D eigenvalue weighted by Crippen LogP contribution is -2.35. The molecule has 2 amide bonds. The highest BCUT2D eigenvalue weighted by atomic mass is 16.5. The zero-order valence-corrected chi connectivity index (χ0v) is 13.2. The maximum atomic E-state index is 11.7. The Morgan fingerprint density at radius 3 is 2.50 bits per heavy atom. The Hall–Kier alpha value is -2.96. The molecule has 0 aliphatic carbocycles. The van der Waals surface area contributed by atoms with Crippen LogP contribution in [-0.2, 0) is 23.9 Å². The second kappa shape index (κ2) is 8.05. The Balaban J connectivity index is 1.83. The molecule has 0 bridgehead atoms. The largest absolute Gasteiger partial charge is 0.465 e. The fourth-order valence-electron chi connectivity index (χ4n) is 2.18. The first-order chi connectivity index (χ1) is 11.5. The number of imide groups is 1. The summed E-state index contributed by atoms with van der Waals surface area (Å²) in [5.41, 5.74) is 1.08. The molecule has 0 radical (unpaired) electrons. The Bertz CT molecular complexity index is 677. The number of esters is 2. The van der Waals surface area contributed by atoms with Gasteiger partial charge < -0.3 is 9.47 Å². The average Bonchev–Trinajstić information content (AvgIpc) is 3.03. The van der Waals surface area contributed by atoms with E-state index in [0.29, 0.717) is 30.5 Å². The third-order valence-electron chi connectivity index (χ3n) is 3.46. The quantitative estimate of drug-likeness (QED) is 0.594. The lowest BCUT2D eigenvalue weighted by molar-refractivity contribution is -0.151. The van der Waals surface area contributed by atoms with Gasteiger partial charge in [0, 0.05) is 19.0 Å². The van der Waals surface area contributed by atoms with Crippen molar-refractivity contribution >= 4 is 29.8 Å². The molecule has 0 unspecified atom stereocenters. The third kappa shape index (κ3) is 4.52. The van der Waals surface area contributed by atoms with Crippen molar-refractivity contribution in [3.8, 4) is 0 Å². The van der Waals surface area contributed by atoms with Gasteiger partial charge in [0.15, 0.2) is 6.61 Å². The van der Waals surface area contributed by atoms with Crippen molar-refractivity contribution in [3.63, 3.8) is 0 Å². The van der Waals surface area contributed by atoms with Gasteiger partial charge in [-0.15, -0.1) is 0 Å². The lowest BCUT2D eigenvalue weighted by atomic mass is 10.1. The molecule has 1 aromatic carbocycles. The molecule has 0 saturated carbocycles. The van der Waals surface area contributed by atoms with Crippen LogP contribution in [-0.4, -0.2) is 48.9 Å². The van der Waals surface area contributed by atoms with Crippen molar-refractivity contribution in [2.24, 2.45) is 0 Å². The normalized spacial score (nSPS) is 14.0. The van der Waals surface area contributed by atoms with Gasteiger partial charge in [0.1, 0.15) is 0 Å². The summed E-state index contributed by atoms with van der Waals surface area (Å²) in [4.78, 5) is 47.1. The second-order valence-corrected chi connectivity index (χ2v) is 5.10. The first kappa shape index (κ1) is 17.4. The van der Waals surface area contributed by atoms with Crippen molar-refractivity contribution in [2.45, 2.75) is 12.8 Å². The number of methoxy groups -OCH3 is 1. The number of carbonyl (C=O) groups is 4. The van der Waals surface area contributed by atoms with Crippen molar-refractivity contribution in [3.05, 3.63) is 41.5 Å². The molecule has 1 heterocycles. The van der Waals surface area contributed by atoms with E-state index in [0.717, 1.165) is 4.90 Å². The number of likely N-dealkylation sites (tertiary alicyclic amines) is 1. The number of carbonyl (C=O) groups excluding carboxylic acids is 4. The standard InChI is InChI=1S/C17H17NO6/c1-23-17(22)13-7-4-12(5-8-13)6-9-16(21)24-11-15(20)18-10-2-3-14(18)19/h4-9H,2-3,10-11H2,1H3/b9-6+. The highest BCUT2D eigenvalue weighted by Gasteiger charge is 2.26. The smallest absolute Gasteiger partial charge is 0.337 e. The van der Waals surface area contributed by atoms with Gasteiger partial charge in [0.25, 0.3) is 5.91 Å². The molecule has 0 atom stereocenters. The van der Waals surface area contributed by atoms with E-state index in [4.69, 9.17) is 4.74 Å². The predicted molar refractivity (Wildman–Crippen MR) is 83.7 cm³/mol. The fourth-order valence-corrected chi connectivity index (χ4v) is 2.18. The number of rotatable bonds is 5. The van der Waals surface area contributed by atoms with E-state index in [-0.39, 0.29) is 5.91 Å². The number of hydrogen-bond acceptors (Lipinski definition) is 6. The molecular weight excluding hydrogens is 314 g/mol. The van der Waals surface area contributed by atoms with Crippen LogP contribution in [0.5, 0.6) is 0 Å². The Morgan fingerprint density at radius 1 is 1.21 bits per heavy atom. The summed E-state index contributed by atoms with van der Waals surface area (Å²) in [6.45, 7) is -0.0895. The Morgan fingerprint density at radius 2 is 1.92 bits per heavy atom. The predicted octanol–water partition coefficient (Wildman–Crippen LogP) is 1.18.